The Kier molecular flexibility index (Phi) is 4.23. The van der Waals surface area contributed by atoms with E-state index in [9.17, 15) is 0 Å². The summed E-state index contributed by atoms with van der Waals surface area (Å²) in [5.41, 5.74) is 2.03. The summed E-state index contributed by atoms with van der Waals surface area (Å²) >= 11 is 0. The molecule has 0 atom stereocenters. The fraction of sp³-hybridized carbons (Fsp3) is 0.375. The Hall–Kier alpha value is -1.94. The van der Waals surface area contributed by atoms with Crippen LogP contribution in [0.25, 0.3) is 11.4 Å². The molecule has 1 aliphatic rings. The Morgan fingerprint density at radius 1 is 1.05 bits per heavy atom. The number of hydrogen-bond donors (Lipinski definition) is 1. The summed E-state index contributed by atoms with van der Waals surface area (Å²) in [5.74, 6) is 1.46. The second-order valence-electron chi connectivity index (χ2n) is 5.10. The number of ether oxygens (including phenoxy) is 1. The summed E-state index contributed by atoms with van der Waals surface area (Å²) in [6.45, 7) is 2.74. The van der Waals surface area contributed by atoms with Crippen LogP contribution in [0.5, 0.6) is 0 Å². The summed E-state index contributed by atoms with van der Waals surface area (Å²) in [6, 6.07) is 10.0. The van der Waals surface area contributed by atoms with Crippen LogP contribution < -0.4 is 5.32 Å². The fourth-order valence-corrected chi connectivity index (χ4v) is 2.37. The fourth-order valence-electron chi connectivity index (χ4n) is 2.37. The van der Waals surface area contributed by atoms with E-state index in [2.05, 4.69) is 15.3 Å². The van der Waals surface area contributed by atoms with Crippen molar-refractivity contribution in [2.24, 2.45) is 5.92 Å². The molecule has 0 bridgehead atoms. The van der Waals surface area contributed by atoms with Crippen LogP contribution in [0.2, 0.25) is 0 Å². The van der Waals surface area contributed by atoms with Crippen LogP contribution in [-0.4, -0.2) is 29.7 Å². The van der Waals surface area contributed by atoms with Gasteiger partial charge < -0.3 is 10.1 Å². The molecule has 1 saturated heterocycles. The van der Waals surface area contributed by atoms with Gasteiger partial charge in [0.05, 0.1) is 18.1 Å². The van der Waals surface area contributed by atoms with Gasteiger partial charge in [0.1, 0.15) is 0 Å². The van der Waals surface area contributed by atoms with Crippen molar-refractivity contribution in [3.63, 3.8) is 0 Å². The van der Waals surface area contributed by atoms with Crippen LogP contribution >= 0.6 is 0 Å². The highest BCUT2D eigenvalue weighted by atomic mass is 16.5. The molecule has 0 amide bonds. The van der Waals surface area contributed by atoms with Crippen LogP contribution in [-0.2, 0) is 4.74 Å². The van der Waals surface area contributed by atoms with Crippen molar-refractivity contribution in [3.8, 4) is 11.4 Å². The first-order valence-electron chi connectivity index (χ1n) is 7.11. The van der Waals surface area contributed by atoms with Gasteiger partial charge in [-0.3, -0.25) is 0 Å². The largest absolute Gasteiger partial charge is 0.382 e. The number of aromatic nitrogens is 2. The third kappa shape index (κ3) is 3.33. The lowest BCUT2D eigenvalue weighted by atomic mass is 10.0. The zero-order chi connectivity index (χ0) is 13.6. The van der Waals surface area contributed by atoms with Crippen LogP contribution in [0.15, 0.2) is 42.7 Å². The second kappa shape index (κ2) is 6.48. The number of anilines is 1. The highest BCUT2D eigenvalue weighted by Crippen LogP contribution is 2.17. The average Bonchev–Trinajstić information content (AvgIpc) is 2.55. The molecule has 2 heterocycles. The van der Waals surface area contributed by atoms with Gasteiger partial charge in [-0.1, -0.05) is 30.3 Å². The van der Waals surface area contributed by atoms with E-state index in [-0.39, 0.29) is 0 Å². The molecule has 0 radical (unpaired) electrons. The topological polar surface area (TPSA) is 47.0 Å². The molecule has 1 fully saturated rings. The van der Waals surface area contributed by atoms with Gasteiger partial charge in [0.25, 0.3) is 0 Å². The average molecular weight is 269 g/mol. The summed E-state index contributed by atoms with van der Waals surface area (Å²) in [7, 11) is 0. The molecule has 0 aliphatic carbocycles. The Balaban J connectivity index is 1.58. The predicted octanol–water partition coefficient (Wildman–Crippen LogP) is 2.98. The van der Waals surface area contributed by atoms with E-state index in [1.807, 2.05) is 42.7 Å². The summed E-state index contributed by atoms with van der Waals surface area (Å²) < 4.78 is 5.36. The van der Waals surface area contributed by atoms with Gasteiger partial charge in [-0.15, -0.1) is 0 Å². The van der Waals surface area contributed by atoms with Crippen molar-refractivity contribution in [2.75, 3.05) is 25.1 Å². The molecule has 2 aromatic rings. The smallest absolute Gasteiger partial charge is 0.159 e. The maximum absolute atomic E-state index is 5.36. The standard InChI is InChI=1S/C16H19N3O/c1-2-4-14(5-3-1)16-18-11-15(12-19-16)17-10-13-6-8-20-9-7-13/h1-5,11-13,17H,6-10H2. The Morgan fingerprint density at radius 2 is 1.75 bits per heavy atom. The lowest BCUT2D eigenvalue weighted by Crippen LogP contribution is -2.22. The molecule has 0 unspecified atom stereocenters. The molecule has 0 saturated carbocycles. The minimum absolute atomic E-state index is 0.692. The van der Waals surface area contributed by atoms with Gasteiger partial charge in [-0.25, -0.2) is 9.97 Å². The van der Waals surface area contributed by atoms with E-state index in [0.717, 1.165) is 49.7 Å². The second-order valence-corrected chi connectivity index (χ2v) is 5.10. The SMILES string of the molecule is c1ccc(-c2ncc(NCC3CCOCC3)cn2)cc1. The maximum Gasteiger partial charge on any atom is 0.159 e. The molecule has 0 spiro atoms. The van der Waals surface area contributed by atoms with Crippen molar-refractivity contribution >= 4 is 5.69 Å². The minimum Gasteiger partial charge on any atom is -0.382 e. The first kappa shape index (κ1) is 13.1. The van der Waals surface area contributed by atoms with Crippen molar-refractivity contribution in [1.82, 2.24) is 9.97 Å². The molecule has 104 valence electrons. The normalized spacial score (nSPS) is 16.0. The Labute approximate surface area is 119 Å². The molecular formula is C16H19N3O. The van der Waals surface area contributed by atoms with Crippen LogP contribution in [0.4, 0.5) is 5.69 Å². The molecule has 4 nitrogen and oxygen atoms in total. The Morgan fingerprint density at radius 3 is 2.45 bits per heavy atom. The first-order chi connectivity index (χ1) is 9.92. The minimum atomic E-state index is 0.692. The van der Waals surface area contributed by atoms with E-state index >= 15 is 0 Å². The monoisotopic (exact) mass is 269 g/mol. The zero-order valence-electron chi connectivity index (χ0n) is 11.5. The van der Waals surface area contributed by atoms with Gasteiger partial charge in [0.2, 0.25) is 0 Å². The molecule has 20 heavy (non-hydrogen) atoms. The maximum atomic E-state index is 5.36. The van der Waals surface area contributed by atoms with E-state index < -0.39 is 0 Å². The third-order valence-corrected chi connectivity index (χ3v) is 3.62. The van der Waals surface area contributed by atoms with Crippen LogP contribution in [0.1, 0.15) is 12.8 Å². The number of benzene rings is 1. The summed E-state index contributed by atoms with van der Waals surface area (Å²) in [5, 5.41) is 3.41. The van der Waals surface area contributed by atoms with E-state index in [4.69, 9.17) is 4.74 Å². The van der Waals surface area contributed by atoms with Crippen molar-refractivity contribution in [2.45, 2.75) is 12.8 Å². The number of rotatable bonds is 4. The number of hydrogen-bond acceptors (Lipinski definition) is 4. The molecule has 1 aromatic carbocycles. The van der Waals surface area contributed by atoms with Gasteiger partial charge >= 0.3 is 0 Å². The van der Waals surface area contributed by atoms with Crippen molar-refractivity contribution in [1.29, 1.82) is 0 Å². The van der Waals surface area contributed by atoms with Gasteiger partial charge in [-0.2, -0.15) is 0 Å². The van der Waals surface area contributed by atoms with Crippen molar-refractivity contribution in [3.05, 3.63) is 42.7 Å². The summed E-state index contributed by atoms with van der Waals surface area (Å²) in [4.78, 5) is 8.83. The highest BCUT2D eigenvalue weighted by Gasteiger charge is 2.13. The van der Waals surface area contributed by atoms with Crippen molar-refractivity contribution < 1.29 is 4.74 Å². The zero-order valence-corrected chi connectivity index (χ0v) is 11.5. The lowest BCUT2D eigenvalue weighted by Gasteiger charge is -2.22. The molecule has 3 rings (SSSR count). The molecule has 1 N–H and O–H groups in total. The Bertz CT molecular complexity index is 521. The lowest BCUT2D eigenvalue weighted by molar-refractivity contribution is 0.0699. The van der Waals surface area contributed by atoms with Crippen LogP contribution in [0, 0.1) is 5.92 Å². The quantitative estimate of drug-likeness (QED) is 0.927. The first-order valence-corrected chi connectivity index (χ1v) is 7.11. The molecular weight excluding hydrogens is 250 g/mol. The van der Waals surface area contributed by atoms with Gasteiger partial charge in [-0.05, 0) is 18.8 Å². The third-order valence-electron chi connectivity index (χ3n) is 3.62. The predicted molar refractivity (Wildman–Crippen MR) is 79.5 cm³/mol. The molecule has 4 heteroatoms. The molecule has 1 aromatic heterocycles. The molecule has 1 aliphatic heterocycles. The summed E-state index contributed by atoms with van der Waals surface area (Å²) in [6.07, 6.45) is 5.98. The van der Waals surface area contributed by atoms with E-state index in [1.54, 1.807) is 0 Å². The van der Waals surface area contributed by atoms with Crippen LogP contribution in [0.3, 0.4) is 0 Å². The van der Waals surface area contributed by atoms with E-state index in [0.29, 0.717) is 5.92 Å². The van der Waals surface area contributed by atoms with Gasteiger partial charge in [0, 0.05) is 25.3 Å². The van der Waals surface area contributed by atoms with E-state index in [1.165, 1.54) is 0 Å². The highest BCUT2D eigenvalue weighted by molar-refractivity contribution is 5.55. The van der Waals surface area contributed by atoms with Gasteiger partial charge in [0.15, 0.2) is 5.82 Å². The number of nitrogens with zero attached hydrogens (tertiary/aromatic N) is 2. The number of nitrogens with one attached hydrogen (secondary N) is 1.